The van der Waals surface area contributed by atoms with Gasteiger partial charge in [0.2, 0.25) is 11.9 Å². The van der Waals surface area contributed by atoms with Crippen LogP contribution in [-0.2, 0) is 0 Å². The van der Waals surface area contributed by atoms with Gasteiger partial charge in [0.25, 0.3) is 0 Å². The predicted octanol–water partition coefficient (Wildman–Crippen LogP) is 3.18. The second kappa shape index (κ2) is 7.58. The van der Waals surface area contributed by atoms with Crippen molar-refractivity contribution in [2.45, 2.75) is 33.7 Å². The molecule has 1 N–H and O–H groups in total. The minimum absolute atomic E-state index is 0.310. The molecule has 7 heteroatoms. The molecular weight excluding hydrogens is 350 g/mol. The second-order valence-electron chi connectivity index (χ2n) is 7.61. The summed E-state index contributed by atoms with van der Waals surface area (Å²) in [7, 11) is 0. The Balaban J connectivity index is 1.56. The Bertz CT molecular complexity index is 957. The average Bonchev–Trinajstić information content (AvgIpc) is 2.67. The largest absolute Gasteiger partial charge is 0.367 e. The number of hydrogen-bond acceptors (Lipinski definition) is 7. The fourth-order valence-corrected chi connectivity index (χ4v) is 3.54. The van der Waals surface area contributed by atoms with Crippen molar-refractivity contribution in [1.82, 2.24) is 19.9 Å². The van der Waals surface area contributed by atoms with Crippen LogP contribution in [0.25, 0.3) is 10.9 Å². The topological polar surface area (TPSA) is 70.1 Å². The molecule has 1 fully saturated rings. The van der Waals surface area contributed by atoms with E-state index >= 15 is 0 Å². The number of fused-ring (bicyclic) bond motifs is 1. The molecule has 0 atom stereocenters. The molecule has 1 aliphatic rings. The molecule has 2 aromatic heterocycles. The van der Waals surface area contributed by atoms with Crippen LogP contribution in [0.15, 0.2) is 30.3 Å². The summed E-state index contributed by atoms with van der Waals surface area (Å²) >= 11 is 0. The van der Waals surface area contributed by atoms with Crippen molar-refractivity contribution in [3.8, 4) is 0 Å². The highest BCUT2D eigenvalue weighted by atomic mass is 15.4. The number of rotatable bonds is 4. The van der Waals surface area contributed by atoms with Gasteiger partial charge in [-0.1, -0.05) is 12.1 Å². The number of benzene rings is 1. The molecule has 1 saturated heterocycles. The number of aromatic nitrogens is 4. The highest BCUT2D eigenvalue weighted by Gasteiger charge is 2.22. The zero-order chi connectivity index (χ0) is 19.7. The predicted molar refractivity (Wildman–Crippen MR) is 114 cm³/mol. The van der Waals surface area contributed by atoms with Crippen molar-refractivity contribution in [2.24, 2.45) is 0 Å². The Kier molecular flexibility index (Phi) is 4.98. The summed E-state index contributed by atoms with van der Waals surface area (Å²) in [5.41, 5.74) is 2.98. The number of anilines is 3. The number of nitrogens with zero attached hydrogens (tertiary/aromatic N) is 6. The van der Waals surface area contributed by atoms with Gasteiger partial charge in [-0.15, -0.1) is 0 Å². The van der Waals surface area contributed by atoms with E-state index in [4.69, 9.17) is 9.97 Å². The Morgan fingerprint density at radius 3 is 2.00 bits per heavy atom. The van der Waals surface area contributed by atoms with Gasteiger partial charge in [-0.05, 0) is 45.9 Å². The molecule has 0 amide bonds. The molecule has 1 aromatic carbocycles. The third kappa shape index (κ3) is 3.83. The summed E-state index contributed by atoms with van der Waals surface area (Å²) in [6, 6.07) is 10.5. The molecule has 0 unspecified atom stereocenters. The standard InChI is InChI=1S/C21H27N7/c1-14(2)22-19-17-7-5-6-8-18(17)25-21(26-19)28-11-9-27(10-12-28)20-23-15(3)13-16(4)24-20/h5-8,13-14H,9-12H2,1-4H3,(H,22,25,26). The average molecular weight is 377 g/mol. The number of hydrogen-bond donors (Lipinski definition) is 1. The van der Waals surface area contributed by atoms with Gasteiger partial charge >= 0.3 is 0 Å². The molecule has 0 aliphatic carbocycles. The van der Waals surface area contributed by atoms with Crippen molar-refractivity contribution >= 4 is 28.6 Å². The number of para-hydroxylation sites is 1. The quantitative estimate of drug-likeness (QED) is 0.749. The molecular formula is C21H27N7. The van der Waals surface area contributed by atoms with E-state index < -0.39 is 0 Å². The van der Waals surface area contributed by atoms with E-state index in [1.807, 2.05) is 38.1 Å². The zero-order valence-corrected chi connectivity index (χ0v) is 17.0. The van der Waals surface area contributed by atoms with Gasteiger partial charge < -0.3 is 15.1 Å². The Labute approximate surface area is 165 Å². The van der Waals surface area contributed by atoms with E-state index in [0.717, 1.165) is 66.2 Å². The molecule has 28 heavy (non-hydrogen) atoms. The molecule has 0 radical (unpaired) electrons. The van der Waals surface area contributed by atoms with E-state index in [-0.39, 0.29) is 0 Å². The van der Waals surface area contributed by atoms with Crippen LogP contribution in [0.1, 0.15) is 25.2 Å². The highest BCUT2D eigenvalue weighted by molar-refractivity contribution is 5.90. The molecule has 0 saturated carbocycles. The van der Waals surface area contributed by atoms with Gasteiger partial charge in [-0.25, -0.2) is 15.0 Å². The van der Waals surface area contributed by atoms with Gasteiger partial charge in [0.1, 0.15) is 5.82 Å². The van der Waals surface area contributed by atoms with Gasteiger partial charge in [0, 0.05) is 49.0 Å². The normalized spacial score (nSPS) is 14.8. The molecule has 3 heterocycles. The number of piperazine rings is 1. The maximum atomic E-state index is 4.84. The first-order chi connectivity index (χ1) is 13.5. The fraction of sp³-hybridized carbons (Fsp3) is 0.429. The Hall–Kier alpha value is -2.96. The van der Waals surface area contributed by atoms with Gasteiger partial charge in [0.05, 0.1) is 5.52 Å². The lowest BCUT2D eigenvalue weighted by atomic mass is 10.2. The summed E-state index contributed by atoms with van der Waals surface area (Å²) in [5, 5.41) is 4.52. The molecule has 4 rings (SSSR count). The van der Waals surface area contributed by atoms with Crippen LogP contribution in [0.4, 0.5) is 17.7 Å². The number of nitrogens with one attached hydrogen (secondary N) is 1. The summed E-state index contributed by atoms with van der Waals surface area (Å²) in [5.74, 6) is 2.50. The van der Waals surface area contributed by atoms with Crippen LogP contribution < -0.4 is 15.1 Å². The molecule has 0 spiro atoms. The van der Waals surface area contributed by atoms with Crippen LogP contribution in [0.5, 0.6) is 0 Å². The van der Waals surface area contributed by atoms with Crippen molar-refractivity contribution in [3.63, 3.8) is 0 Å². The molecule has 1 aliphatic heterocycles. The van der Waals surface area contributed by atoms with Crippen molar-refractivity contribution in [2.75, 3.05) is 41.3 Å². The van der Waals surface area contributed by atoms with Gasteiger partial charge in [0.15, 0.2) is 0 Å². The molecule has 0 bridgehead atoms. The van der Waals surface area contributed by atoms with Crippen molar-refractivity contribution < 1.29 is 0 Å². The van der Waals surface area contributed by atoms with Crippen molar-refractivity contribution in [1.29, 1.82) is 0 Å². The van der Waals surface area contributed by atoms with Gasteiger partial charge in [-0.2, -0.15) is 4.98 Å². The molecule has 7 nitrogen and oxygen atoms in total. The fourth-order valence-electron chi connectivity index (χ4n) is 3.54. The molecule has 146 valence electrons. The summed E-state index contributed by atoms with van der Waals surface area (Å²) < 4.78 is 0. The minimum Gasteiger partial charge on any atom is -0.367 e. The van der Waals surface area contributed by atoms with Crippen LogP contribution in [0, 0.1) is 13.8 Å². The van der Waals surface area contributed by atoms with E-state index in [2.05, 4.69) is 45.0 Å². The second-order valence-corrected chi connectivity index (χ2v) is 7.61. The van der Waals surface area contributed by atoms with Crippen LogP contribution in [0.2, 0.25) is 0 Å². The van der Waals surface area contributed by atoms with Crippen molar-refractivity contribution in [3.05, 3.63) is 41.7 Å². The highest BCUT2D eigenvalue weighted by Crippen LogP contribution is 2.25. The first kappa shape index (κ1) is 18.4. The van der Waals surface area contributed by atoms with Crippen LogP contribution >= 0.6 is 0 Å². The SMILES string of the molecule is Cc1cc(C)nc(N2CCN(c3nc(NC(C)C)c4ccccc4n3)CC2)n1. The van der Waals surface area contributed by atoms with Crippen LogP contribution in [0.3, 0.4) is 0 Å². The summed E-state index contributed by atoms with van der Waals surface area (Å²) in [6.45, 7) is 11.7. The van der Waals surface area contributed by atoms with E-state index in [1.54, 1.807) is 0 Å². The first-order valence-electron chi connectivity index (χ1n) is 9.85. The monoisotopic (exact) mass is 377 g/mol. The third-order valence-corrected chi connectivity index (χ3v) is 4.83. The lowest BCUT2D eigenvalue weighted by Gasteiger charge is -2.35. The third-order valence-electron chi connectivity index (χ3n) is 4.83. The first-order valence-corrected chi connectivity index (χ1v) is 9.85. The van der Waals surface area contributed by atoms with E-state index in [1.165, 1.54) is 0 Å². The Morgan fingerprint density at radius 2 is 1.39 bits per heavy atom. The summed E-state index contributed by atoms with van der Waals surface area (Å²) in [6.07, 6.45) is 0. The summed E-state index contributed by atoms with van der Waals surface area (Å²) in [4.78, 5) is 23.3. The lowest BCUT2D eigenvalue weighted by molar-refractivity contribution is 0.627. The van der Waals surface area contributed by atoms with E-state index in [9.17, 15) is 0 Å². The smallest absolute Gasteiger partial charge is 0.228 e. The number of aryl methyl sites for hydroxylation is 2. The maximum absolute atomic E-state index is 4.84. The van der Waals surface area contributed by atoms with E-state index in [0.29, 0.717) is 6.04 Å². The molecule has 3 aromatic rings. The zero-order valence-electron chi connectivity index (χ0n) is 17.0. The minimum atomic E-state index is 0.310. The Morgan fingerprint density at radius 1 is 0.821 bits per heavy atom. The lowest BCUT2D eigenvalue weighted by Crippen LogP contribution is -2.47. The van der Waals surface area contributed by atoms with Crippen LogP contribution in [-0.4, -0.2) is 52.2 Å². The maximum Gasteiger partial charge on any atom is 0.228 e. The van der Waals surface area contributed by atoms with Gasteiger partial charge in [-0.3, -0.25) is 0 Å².